The fourth-order valence-electron chi connectivity index (χ4n) is 0.857. The van der Waals surface area contributed by atoms with Crippen LogP contribution in [-0.2, 0) is 0 Å². The molecule has 0 atom stereocenters. The van der Waals surface area contributed by atoms with Gasteiger partial charge >= 0.3 is 0 Å². The highest BCUT2D eigenvalue weighted by molar-refractivity contribution is 14.1. The molecule has 12 heavy (non-hydrogen) atoms. The van der Waals surface area contributed by atoms with Crippen LogP contribution in [0.5, 0.6) is 0 Å². The van der Waals surface area contributed by atoms with Crippen molar-refractivity contribution in [3.05, 3.63) is 25.0 Å². The fourth-order valence-corrected chi connectivity index (χ4v) is 1.97. The van der Waals surface area contributed by atoms with E-state index in [9.17, 15) is 0 Å². The molecular formula is C6H2Br2IN3. The van der Waals surface area contributed by atoms with Crippen LogP contribution in [0.4, 0.5) is 0 Å². The molecule has 0 aromatic carbocycles. The van der Waals surface area contributed by atoms with Crippen molar-refractivity contribution in [2.24, 2.45) is 0 Å². The third-order valence-electron chi connectivity index (χ3n) is 1.35. The Morgan fingerprint density at radius 3 is 2.83 bits per heavy atom. The molecule has 3 nitrogen and oxygen atoms in total. The van der Waals surface area contributed by atoms with Crippen LogP contribution in [0.3, 0.4) is 0 Å². The summed E-state index contributed by atoms with van der Waals surface area (Å²) < 4.78 is 4.38. The molecule has 0 amide bonds. The summed E-state index contributed by atoms with van der Waals surface area (Å²) in [6.45, 7) is 0. The minimum absolute atomic E-state index is 0.804. The Kier molecular flexibility index (Phi) is 2.39. The molecule has 6 heteroatoms. The van der Waals surface area contributed by atoms with Gasteiger partial charge in [-0.1, -0.05) is 0 Å². The van der Waals surface area contributed by atoms with Gasteiger partial charge in [0.25, 0.3) is 0 Å². The molecule has 2 rings (SSSR count). The SMILES string of the molecule is Brc1ccc2nc(Br)c(I)n2n1. The van der Waals surface area contributed by atoms with Crippen molar-refractivity contribution in [1.29, 1.82) is 0 Å². The van der Waals surface area contributed by atoms with Gasteiger partial charge < -0.3 is 0 Å². The highest BCUT2D eigenvalue weighted by Crippen LogP contribution is 2.19. The van der Waals surface area contributed by atoms with Gasteiger partial charge in [-0.2, -0.15) is 5.10 Å². The number of fused-ring (bicyclic) bond motifs is 1. The molecule has 0 fully saturated rings. The number of aromatic nitrogens is 3. The van der Waals surface area contributed by atoms with Gasteiger partial charge in [-0.05, 0) is 66.6 Å². The Morgan fingerprint density at radius 1 is 1.33 bits per heavy atom. The van der Waals surface area contributed by atoms with Crippen molar-refractivity contribution in [3.63, 3.8) is 0 Å². The average molecular weight is 403 g/mol. The molecule has 0 aliphatic heterocycles. The molecule has 0 N–H and O–H groups in total. The first-order valence-corrected chi connectivity index (χ1v) is 5.71. The highest BCUT2D eigenvalue weighted by atomic mass is 127. The van der Waals surface area contributed by atoms with Crippen LogP contribution in [0.15, 0.2) is 21.3 Å². The van der Waals surface area contributed by atoms with E-state index < -0.39 is 0 Å². The fraction of sp³-hybridized carbons (Fsp3) is 0. The molecule has 0 saturated heterocycles. The van der Waals surface area contributed by atoms with Crippen molar-refractivity contribution in [3.8, 4) is 0 Å². The summed E-state index contributed by atoms with van der Waals surface area (Å²) >= 11 is 8.82. The van der Waals surface area contributed by atoms with Crippen LogP contribution in [-0.4, -0.2) is 14.6 Å². The standard InChI is InChI=1S/C6H2Br2IN3/c7-3-1-2-4-10-5(8)6(9)12(4)11-3/h1-2H. The largest absolute Gasteiger partial charge is 0.219 e. The maximum Gasteiger partial charge on any atom is 0.156 e. The van der Waals surface area contributed by atoms with E-state index in [2.05, 4.69) is 64.5 Å². The number of nitrogens with zero attached hydrogens (tertiary/aromatic N) is 3. The van der Waals surface area contributed by atoms with E-state index in [1.54, 1.807) is 4.52 Å². The Bertz CT molecular complexity index is 440. The molecule has 0 spiro atoms. The Balaban J connectivity index is 2.88. The quantitative estimate of drug-likeness (QED) is 0.634. The number of hydrogen-bond donors (Lipinski definition) is 0. The summed E-state index contributed by atoms with van der Waals surface area (Å²) in [6.07, 6.45) is 0. The van der Waals surface area contributed by atoms with Crippen LogP contribution >= 0.6 is 54.5 Å². The zero-order valence-electron chi connectivity index (χ0n) is 5.63. The number of imidazole rings is 1. The minimum atomic E-state index is 0.804. The van der Waals surface area contributed by atoms with E-state index in [4.69, 9.17) is 0 Å². The first-order valence-electron chi connectivity index (χ1n) is 3.05. The van der Waals surface area contributed by atoms with E-state index in [0.717, 1.165) is 18.6 Å². The third-order valence-corrected chi connectivity index (χ3v) is 4.04. The number of rotatable bonds is 0. The van der Waals surface area contributed by atoms with Crippen LogP contribution in [0.25, 0.3) is 5.65 Å². The zero-order valence-corrected chi connectivity index (χ0v) is 11.0. The van der Waals surface area contributed by atoms with E-state index in [1.807, 2.05) is 12.1 Å². The molecule has 0 aliphatic carbocycles. The topological polar surface area (TPSA) is 30.2 Å². The molecule has 0 bridgehead atoms. The lowest BCUT2D eigenvalue weighted by atomic mass is 10.6. The minimum Gasteiger partial charge on any atom is -0.219 e. The van der Waals surface area contributed by atoms with Gasteiger partial charge in [0.1, 0.15) is 12.9 Å². The Labute approximate surface area is 99.0 Å². The van der Waals surface area contributed by atoms with E-state index in [1.165, 1.54) is 0 Å². The second kappa shape index (κ2) is 3.22. The molecule has 0 saturated carbocycles. The van der Waals surface area contributed by atoms with Gasteiger partial charge in [-0.25, -0.2) is 9.50 Å². The van der Waals surface area contributed by atoms with Crippen molar-refractivity contribution < 1.29 is 0 Å². The normalized spacial score (nSPS) is 10.9. The molecule has 2 heterocycles. The van der Waals surface area contributed by atoms with Crippen LogP contribution < -0.4 is 0 Å². The first-order chi connectivity index (χ1) is 5.68. The smallest absolute Gasteiger partial charge is 0.156 e. The predicted octanol–water partition coefficient (Wildman–Crippen LogP) is 2.86. The monoisotopic (exact) mass is 401 g/mol. The summed E-state index contributed by atoms with van der Waals surface area (Å²) in [5.74, 6) is 0. The molecule has 0 unspecified atom stereocenters. The van der Waals surface area contributed by atoms with Gasteiger partial charge in [-0.3, -0.25) is 0 Å². The van der Waals surface area contributed by atoms with Crippen molar-refractivity contribution >= 4 is 60.1 Å². The number of hydrogen-bond acceptors (Lipinski definition) is 2. The highest BCUT2D eigenvalue weighted by Gasteiger charge is 2.07. The van der Waals surface area contributed by atoms with Crippen LogP contribution in [0, 0.1) is 3.70 Å². The molecule has 62 valence electrons. The lowest BCUT2D eigenvalue weighted by molar-refractivity contribution is 0.894. The third kappa shape index (κ3) is 1.39. The maximum absolute atomic E-state index is 4.24. The van der Waals surface area contributed by atoms with Gasteiger partial charge in [0.05, 0.1) is 0 Å². The van der Waals surface area contributed by atoms with E-state index in [0.29, 0.717) is 0 Å². The lowest BCUT2D eigenvalue weighted by Gasteiger charge is -1.93. The molecule has 2 aromatic heterocycles. The van der Waals surface area contributed by atoms with Gasteiger partial charge in [0.15, 0.2) is 5.65 Å². The second-order valence-corrected chi connectivity index (χ2v) is 4.70. The molecular weight excluding hydrogens is 401 g/mol. The summed E-state index contributed by atoms with van der Waals surface area (Å²) in [6, 6.07) is 3.77. The molecule has 0 aliphatic rings. The van der Waals surface area contributed by atoms with Gasteiger partial charge in [0.2, 0.25) is 0 Å². The summed E-state index contributed by atoms with van der Waals surface area (Å²) in [4.78, 5) is 4.24. The molecule has 2 aromatic rings. The number of halogens is 3. The Morgan fingerprint density at radius 2 is 2.08 bits per heavy atom. The molecule has 0 radical (unpaired) electrons. The maximum atomic E-state index is 4.24. The zero-order chi connectivity index (χ0) is 8.72. The summed E-state index contributed by atoms with van der Waals surface area (Å²) in [7, 11) is 0. The Hall–Kier alpha value is 0.310. The summed E-state index contributed by atoms with van der Waals surface area (Å²) in [5.41, 5.74) is 0.842. The van der Waals surface area contributed by atoms with Crippen LogP contribution in [0.1, 0.15) is 0 Å². The van der Waals surface area contributed by atoms with Crippen molar-refractivity contribution in [2.75, 3.05) is 0 Å². The average Bonchev–Trinajstić information content (AvgIpc) is 2.31. The van der Waals surface area contributed by atoms with Gasteiger partial charge in [0, 0.05) is 0 Å². The first kappa shape index (κ1) is 8.89. The second-order valence-electron chi connectivity index (χ2n) is 2.12. The lowest BCUT2D eigenvalue weighted by Crippen LogP contribution is -1.93. The van der Waals surface area contributed by atoms with Gasteiger partial charge in [-0.15, -0.1) is 0 Å². The summed E-state index contributed by atoms with van der Waals surface area (Å²) in [5, 5.41) is 4.23. The van der Waals surface area contributed by atoms with Crippen molar-refractivity contribution in [2.45, 2.75) is 0 Å². The van der Waals surface area contributed by atoms with Crippen molar-refractivity contribution in [1.82, 2.24) is 14.6 Å². The van der Waals surface area contributed by atoms with E-state index in [-0.39, 0.29) is 0 Å². The van der Waals surface area contributed by atoms with E-state index >= 15 is 0 Å². The van der Waals surface area contributed by atoms with Crippen LogP contribution in [0.2, 0.25) is 0 Å². The predicted molar refractivity (Wildman–Crippen MR) is 61.1 cm³/mol.